The summed E-state index contributed by atoms with van der Waals surface area (Å²) in [5.74, 6) is -0.444. The van der Waals surface area contributed by atoms with E-state index in [2.05, 4.69) is 10.9 Å². The minimum atomic E-state index is -0.600. The number of nitrogens with one attached hydrogen (secondary N) is 2. The van der Waals surface area contributed by atoms with Crippen molar-refractivity contribution >= 4 is 35.0 Å². The van der Waals surface area contributed by atoms with Crippen molar-refractivity contribution in [3.8, 4) is 5.75 Å². The fourth-order valence-corrected chi connectivity index (χ4v) is 2.27. The topological polar surface area (TPSA) is 67.4 Å². The fraction of sp³-hybridized carbons (Fsp3) is 0.0667. The SMILES string of the molecule is COc1ccc(C(=O)NNC(=O)c2c(Cl)cccc2Cl)cc1. The molecule has 0 spiro atoms. The van der Waals surface area contributed by atoms with Crippen molar-refractivity contribution < 1.29 is 14.3 Å². The maximum absolute atomic E-state index is 12.0. The van der Waals surface area contributed by atoms with Crippen LogP contribution in [0.1, 0.15) is 20.7 Å². The highest BCUT2D eigenvalue weighted by Crippen LogP contribution is 2.23. The van der Waals surface area contributed by atoms with Crippen molar-refractivity contribution in [3.05, 3.63) is 63.6 Å². The lowest BCUT2D eigenvalue weighted by atomic mass is 10.2. The first kappa shape index (κ1) is 16.1. The first-order valence-electron chi connectivity index (χ1n) is 6.21. The number of ether oxygens (including phenoxy) is 1. The van der Waals surface area contributed by atoms with E-state index in [1.54, 1.807) is 30.3 Å². The molecule has 0 heterocycles. The summed E-state index contributed by atoms with van der Waals surface area (Å²) < 4.78 is 5.00. The van der Waals surface area contributed by atoms with E-state index in [1.165, 1.54) is 19.2 Å². The maximum atomic E-state index is 12.0. The number of halogens is 2. The van der Waals surface area contributed by atoms with Crippen molar-refractivity contribution in [1.29, 1.82) is 0 Å². The molecule has 0 saturated heterocycles. The zero-order chi connectivity index (χ0) is 16.1. The van der Waals surface area contributed by atoms with Gasteiger partial charge in [0.15, 0.2) is 0 Å². The number of rotatable bonds is 3. The van der Waals surface area contributed by atoms with E-state index in [0.717, 1.165) is 0 Å². The fourth-order valence-electron chi connectivity index (χ4n) is 1.71. The molecule has 2 N–H and O–H groups in total. The van der Waals surface area contributed by atoms with Gasteiger partial charge in [0.25, 0.3) is 11.8 Å². The Hall–Kier alpha value is -2.24. The van der Waals surface area contributed by atoms with E-state index < -0.39 is 11.8 Å². The molecule has 22 heavy (non-hydrogen) atoms. The molecular formula is C15H12Cl2N2O3. The summed E-state index contributed by atoms with van der Waals surface area (Å²) in [4.78, 5) is 23.9. The molecule has 0 aliphatic carbocycles. The third-order valence-electron chi connectivity index (χ3n) is 2.83. The number of hydrazine groups is 1. The Morgan fingerprint density at radius 3 is 2.00 bits per heavy atom. The van der Waals surface area contributed by atoms with Crippen LogP contribution in [0, 0.1) is 0 Å². The summed E-state index contributed by atoms with van der Waals surface area (Å²) in [5.41, 5.74) is 5.03. The van der Waals surface area contributed by atoms with Crippen LogP contribution in [-0.4, -0.2) is 18.9 Å². The van der Waals surface area contributed by atoms with Gasteiger partial charge in [-0.25, -0.2) is 0 Å². The van der Waals surface area contributed by atoms with Crippen LogP contribution in [0.3, 0.4) is 0 Å². The minimum absolute atomic E-state index is 0.0980. The number of carbonyl (C=O) groups excluding carboxylic acids is 2. The number of methoxy groups -OCH3 is 1. The highest BCUT2D eigenvalue weighted by molar-refractivity contribution is 6.39. The van der Waals surface area contributed by atoms with Gasteiger partial charge in [-0.2, -0.15) is 0 Å². The van der Waals surface area contributed by atoms with Gasteiger partial charge < -0.3 is 4.74 Å². The average Bonchev–Trinajstić information content (AvgIpc) is 2.52. The zero-order valence-electron chi connectivity index (χ0n) is 11.5. The second kappa shape index (κ2) is 7.15. The second-order valence-electron chi connectivity index (χ2n) is 4.23. The Balaban J connectivity index is 2.02. The van der Waals surface area contributed by atoms with Gasteiger partial charge in [0.1, 0.15) is 5.75 Å². The normalized spacial score (nSPS) is 9.95. The van der Waals surface area contributed by atoms with Gasteiger partial charge >= 0.3 is 0 Å². The number of hydrogen-bond donors (Lipinski definition) is 2. The molecule has 0 bridgehead atoms. The van der Waals surface area contributed by atoms with Crippen LogP contribution in [0.25, 0.3) is 0 Å². The van der Waals surface area contributed by atoms with E-state index in [9.17, 15) is 9.59 Å². The summed E-state index contributed by atoms with van der Waals surface area (Å²) in [6.45, 7) is 0. The predicted octanol–water partition coefficient (Wildman–Crippen LogP) is 3.08. The van der Waals surface area contributed by atoms with Crippen molar-refractivity contribution in [3.63, 3.8) is 0 Å². The zero-order valence-corrected chi connectivity index (χ0v) is 13.0. The van der Waals surface area contributed by atoms with Gasteiger partial charge in [0.2, 0.25) is 0 Å². The lowest BCUT2D eigenvalue weighted by Crippen LogP contribution is -2.41. The molecule has 0 unspecified atom stereocenters. The Labute approximate surface area is 137 Å². The van der Waals surface area contributed by atoms with Crippen LogP contribution < -0.4 is 15.6 Å². The third-order valence-corrected chi connectivity index (χ3v) is 3.46. The highest BCUT2D eigenvalue weighted by Gasteiger charge is 2.15. The summed E-state index contributed by atoms with van der Waals surface area (Å²) >= 11 is 11.8. The molecule has 0 aliphatic heterocycles. The number of carbonyl (C=O) groups is 2. The highest BCUT2D eigenvalue weighted by atomic mass is 35.5. The second-order valence-corrected chi connectivity index (χ2v) is 5.05. The quantitative estimate of drug-likeness (QED) is 0.845. The molecule has 2 aromatic carbocycles. The Bertz CT molecular complexity index is 682. The van der Waals surface area contributed by atoms with E-state index in [0.29, 0.717) is 11.3 Å². The standard InChI is InChI=1S/C15H12Cl2N2O3/c1-22-10-7-5-9(6-8-10)14(20)18-19-15(21)13-11(16)3-2-4-12(13)17/h2-8H,1H3,(H,18,20)(H,19,21). The van der Waals surface area contributed by atoms with Crippen LogP contribution >= 0.6 is 23.2 Å². The monoisotopic (exact) mass is 338 g/mol. The molecule has 0 radical (unpaired) electrons. The summed E-state index contributed by atoms with van der Waals surface area (Å²) in [7, 11) is 1.53. The van der Waals surface area contributed by atoms with Crippen LogP contribution in [-0.2, 0) is 0 Å². The molecule has 0 aromatic heterocycles. The Kier molecular flexibility index (Phi) is 5.25. The predicted molar refractivity (Wildman–Crippen MR) is 84.4 cm³/mol. The first-order valence-corrected chi connectivity index (χ1v) is 6.97. The Morgan fingerprint density at radius 2 is 1.45 bits per heavy atom. The number of hydrogen-bond acceptors (Lipinski definition) is 3. The lowest BCUT2D eigenvalue weighted by Gasteiger charge is -2.10. The smallest absolute Gasteiger partial charge is 0.272 e. The molecule has 114 valence electrons. The average molecular weight is 339 g/mol. The largest absolute Gasteiger partial charge is 0.497 e. The lowest BCUT2D eigenvalue weighted by molar-refractivity contribution is 0.0847. The van der Waals surface area contributed by atoms with Crippen LogP contribution in [0.4, 0.5) is 0 Å². The molecule has 0 atom stereocenters. The van der Waals surface area contributed by atoms with Crippen LogP contribution in [0.15, 0.2) is 42.5 Å². The van der Waals surface area contributed by atoms with Gasteiger partial charge in [0.05, 0.1) is 22.7 Å². The van der Waals surface area contributed by atoms with Gasteiger partial charge in [0, 0.05) is 5.56 Å². The summed E-state index contributed by atoms with van der Waals surface area (Å²) in [6.07, 6.45) is 0. The summed E-state index contributed by atoms with van der Waals surface area (Å²) in [5, 5.41) is 0.396. The molecule has 7 heteroatoms. The molecule has 2 aromatic rings. The van der Waals surface area contributed by atoms with Crippen LogP contribution in [0.5, 0.6) is 5.75 Å². The van der Waals surface area contributed by atoms with Crippen LogP contribution in [0.2, 0.25) is 10.0 Å². The minimum Gasteiger partial charge on any atom is -0.497 e. The van der Waals surface area contributed by atoms with E-state index >= 15 is 0 Å². The molecule has 5 nitrogen and oxygen atoms in total. The molecule has 0 saturated carbocycles. The van der Waals surface area contributed by atoms with Crippen molar-refractivity contribution in [2.45, 2.75) is 0 Å². The molecule has 2 amide bonds. The Morgan fingerprint density at radius 1 is 0.909 bits per heavy atom. The van der Waals surface area contributed by atoms with Crippen molar-refractivity contribution in [2.24, 2.45) is 0 Å². The van der Waals surface area contributed by atoms with E-state index in [1.807, 2.05) is 0 Å². The van der Waals surface area contributed by atoms with Gasteiger partial charge in [-0.15, -0.1) is 0 Å². The van der Waals surface area contributed by atoms with E-state index in [-0.39, 0.29) is 15.6 Å². The van der Waals surface area contributed by atoms with Gasteiger partial charge in [-0.3, -0.25) is 20.4 Å². The summed E-state index contributed by atoms with van der Waals surface area (Å²) in [6, 6.07) is 11.1. The van der Waals surface area contributed by atoms with Crippen molar-refractivity contribution in [1.82, 2.24) is 10.9 Å². The van der Waals surface area contributed by atoms with Gasteiger partial charge in [-0.1, -0.05) is 29.3 Å². The van der Waals surface area contributed by atoms with Gasteiger partial charge in [-0.05, 0) is 36.4 Å². The van der Waals surface area contributed by atoms with E-state index in [4.69, 9.17) is 27.9 Å². The van der Waals surface area contributed by atoms with Crippen molar-refractivity contribution in [2.75, 3.05) is 7.11 Å². The molecule has 0 fully saturated rings. The number of amides is 2. The maximum Gasteiger partial charge on any atom is 0.272 e. The molecular weight excluding hydrogens is 327 g/mol. The third kappa shape index (κ3) is 3.69. The molecule has 0 aliphatic rings. The molecule has 2 rings (SSSR count). The number of benzene rings is 2. The first-order chi connectivity index (χ1) is 10.5.